The summed E-state index contributed by atoms with van der Waals surface area (Å²) < 4.78 is 11.3. The topological polar surface area (TPSA) is 37.8 Å². The second-order valence-electron chi connectivity index (χ2n) is 8.42. The van der Waals surface area contributed by atoms with Crippen LogP contribution in [0.3, 0.4) is 0 Å². The predicted molar refractivity (Wildman–Crippen MR) is 123 cm³/mol. The van der Waals surface area contributed by atoms with Crippen LogP contribution in [0.15, 0.2) is 36.4 Å². The van der Waals surface area contributed by atoms with Gasteiger partial charge in [0.25, 0.3) is 0 Å². The number of methoxy groups -OCH3 is 1. The zero-order chi connectivity index (χ0) is 21.3. The third kappa shape index (κ3) is 6.19. The summed E-state index contributed by atoms with van der Waals surface area (Å²) in [5, 5.41) is 0. The van der Waals surface area contributed by atoms with Gasteiger partial charge in [0.05, 0.1) is 19.4 Å². The molecule has 0 N–H and O–H groups in total. The highest BCUT2D eigenvalue weighted by atomic mass is 16.5. The van der Waals surface area contributed by atoms with Crippen molar-refractivity contribution in [3.63, 3.8) is 0 Å². The first kappa shape index (κ1) is 22.6. The molecule has 164 valence electrons. The van der Waals surface area contributed by atoms with Crippen molar-refractivity contribution < 1.29 is 9.47 Å². The first-order chi connectivity index (χ1) is 14.6. The molecule has 1 atom stereocenters. The second-order valence-corrected chi connectivity index (χ2v) is 8.42. The highest BCUT2D eigenvalue weighted by Gasteiger charge is 2.26. The minimum atomic E-state index is 0.322. The molecular weight excluding hydrogens is 374 g/mol. The highest BCUT2D eigenvalue weighted by Crippen LogP contribution is 2.34. The van der Waals surface area contributed by atoms with Crippen molar-refractivity contribution in [3.8, 4) is 11.6 Å². The van der Waals surface area contributed by atoms with Crippen LogP contribution in [0, 0.1) is 0 Å². The summed E-state index contributed by atoms with van der Waals surface area (Å²) in [5.74, 6) is 1.95. The van der Waals surface area contributed by atoms with E-state index in [0.29, 0.717) is 12.5 Å². The molecule has 2 aromatic rings. The van der Waals surface area contributed by atoms with Gasteiger partial charge >= 0.3 is 0 Å². The largest absolute Gasteiger partial charge is 0.497 e. The Hall–Kier alpha value is -2.11. The Balaban J connectivity index is 1.58. The lowest BCUT2D eigenvalue weighted by Gasteiger charge is -2.32. The molecule has 0 spiro atoms. The molecule has 1 aromatic carbocycles. The molecule has 0 radical (unpaired) electrons. The molecule has 0 amide bonds. The maximum atomic E-state index is 5.98. The zero-order valence-electron chi connectivity index (χ0n) is 19.1. The van der Waals surface area contributed by atoms with Gasteiger partial charge in [-0.3, -0.25) is 4.90 Å². The average molecular weight is 412 g/mol. The third-order valence-electron chi connectivity index (χ3n) is 5.87. The molecule has 1 aromatic heterocycles. The number of benzene rings is 1. The average Bonchev–Trinajstić information content (AvgIpc) is 2.76. The van der Waals surface area contributed by atoms with Crippen molar-refractivity contribution in [2.24, 2.45) is 0 Å². The molecule has 5 nitrogen and oxygen atoms in total. The Labute approximate surface area is 182 Å². The van der Waals surface area contributed by atoms with Gasteiger partial charge < -0.3 is 14.4 Å². The molecule has 1 aliphatic rings. The van der Waals surface area contributed by atoms with Gasteiger partial charge in [0.1, 0.15) is 5.75 Å². The van der Waals surface area contributed by atoms with Crippen molar-refractivity contribution in [1.82, 2.24) is 14.8 Å². The zero-order valence-corrected chi connectivity index (χ0v) is 19.1. The second kappa shape index (κ2) is 11.3. The summed E-state index contributed by atoms with van der Waals surface area (Å²) in [6.07, 6.45) is 4.89. The molecule has 3 rings (SSSR count). The number of hydrogen-bond acceptors (Lipinski definition) is 5. The van der Waals surface area contributed by atoms with E-state index in [1.807, 2.05) is 18.2 Å². The number of unbranched alkanes of at least 4 members (excludes halogenated alkanes) is 2. The van der Waals surface area contributed by atoms with E-state index in [9.17, 15) is 0 Å². The first-order valence-corrected chi connectivity index (χ1v) is 11.2. The summed E-state index contributed by atoms with van der Waals surface area (Å²) in [5.41, 5.74) is 3.73. The van der Waals surface area contributed by atoms with Gasteiger partial charge in [-0.05, 0) is 56.7 Å². The van der Waals surface area contributed by atoms with Crippen molar-refractivity contribution in [1.29, 1.82) is 0 Å². The van der Waals surface area contributed by atoms with Crippen molar-refractivity contribution in [2.75, 3.05) is 47.4 Å². The standard InChI is InChI=1S/C25H37N3O2/c1-5-6-7-15-27(2)16-8-17-30-25-14-13-22-23(18-28(3)19-24(22)26-25)20-9-11-21(29-4)12-10-20/h9-14,23H,5-8,15-19H2,1-4H3. The summed E-state index contributed by atoms with van der Waals surface area (Å²) >= 11 is 0. The first-order valence-electron chi connectivity index (χ1n) is 11.2. The number of aromatic nitrogens is 1. The van der Waals surface area contributed by atoms with Gasteiger partial charge in [-0.15, -0.1) is 0 Å². The van der Waals surface area contributed by atoms with E-state index in [1.165, 1.54) is 36.9 Å². The lowest BCUT2D eigenvalue weighted by atomic mass is 9.87. The molecule has 5 heteroatoms. The number of likely N-dealkylation sites (N-methyl/N-ethyl adjacent to an activating group) is 1. The lowest BCUT2D eigenvalue weighted by molar-refractivity contribution is 0.249. The number of ether oxygens (including phenoxy) is 2. The van der Waals surface area contributed by atoms with Crippen LogP contribution in [-0.2, 0) is 6.54 Å². The molecule has 2 heterocycles. The van der Waals surface area contributed by atoms with Gasteiger partial charge in [-0.25, -0.2) is 4.98 Å². The Morgan fingerprint density at radius 2 is 1.83 bits per heavy atom. The molecule has 1 aliphatic heterocycles. The minimum absolute atomic E-state index is 0.322. The number of pyridine rings is 1. The maximum Gasteiger partial charge on any atom is 0.213 e. The van der Waals surface area contributed by atoms with Gasteiger partial charge in [-0.2, -0.15) is 0 Å². The number of rotatable bonds is 11. The van der Waals surface area contributed by atoms with Crippen LogP contribution in [0.1, 0.15) is 55.3 Å². The third-order valence-corrected chi connectivity index (χ3v) is 5.87. The maximum absolute atomic E-state index is 5.98. The van der Waals surface area contributed by atoms with E-state index in [1.54, 1.807) is 7.11 Å². The lowest BCUT2D eigenvalue weighted by Crippen LogP contribution is -2.31. The molecule has 30 heavy (non-hydrogen) atoms. The van der Waals surface area contributed by atoms with E-state index in [0.717, 1.165) is 43.4 Å². The van der Waals surface area contributed by atoms with E-state index >= 15 is 0 Å². The molecular formula is C25H37N3O2. The molecule has 0 aliphatic carbocycles. The number of fused-ring (bicyclic) bond motifs is 1. The fourth-order valence-corrected chi connectivity index (χ4v) is 4.12. The monoisotopic (exact) mass is 411 g/mol. The fourth-order valence-electron chi connectivity index (χ4n) is 4.12. The Kier molecular flexibility index (Phi) is 8.52. The number of nitrogens with zero attached hydrogens (tertiary/aromatic N) is 3. The van der Waals surface area contributed by atoms with Crippen molar-refractivity contribution >= 4 is 0 Å². The van der Waals surface area contributed by atoms with E-state index in [2.05, 4.69) is 49.0 Å². The van der Waals surface area contributed by atoms with Crippen molar-refractivity contribution in [3.05, 3.63) is 53.2 Å². The van der Waals surface area contributed by atoms with Gasteiger partial charge in [-0.1, -0.05) is 38.0 Å². The van der Waals surface area contributed by atoms with E-state index in [-0.39, 0.29) is 0 Å². The number of hydrogen-bond donors (Lipinski definition) is 0. The highest BCUT2D eigenvalue weighted by molar-refractivity contribution is 5.40. The molecule has 1 unspecified atom stereocenters. The van der Waals surface area contributed by atoms with Gasteiger partial charge in [0.15, 0.2) is 0 Å². The molecule has 0 fully saturated rings. The molecule has 0 saturated heterocycles. The predicted octanol–water partition coefficient (Wildman–Crippen LogP) is 4.56. The quantitative estimate of drug-likeness (QED) is 0.507. The van der Waals surface area contributed by atoms with Crippen LogP contribution in [0.2, 0.25) is 0 Å². The van der Waals surface area contributed by atoms with Gasteiger partial charge in [0.2, 0.25) is 5.88 Å². The Bertz CT molecular complexity index is 778. The van der Waals surface area contributed by atoms with Gasteiger partial charge in [0, 0.05) is 31.6 Å². The van der Waals surface area contributed by atoms with Crippen molar-refractivity contribution in [2.45, 2.75) is 45.1 Å². The molecule has 0 saturated carbocycles. The SMILES string of the molecule is CCCCCN(C)CCCOc1ccc2c(n1)CN(C)CC2c1ccc(OC)cc1. The van der Waals surface area contributed by atoms with Crippen LogP contribution in [0.5, 0.6) is 11.6 Å². The molecule has 0 bridgehead atoms. The summed E-state index contributed by atoms with van der Waals surface area (Å²) in [6.45, 7) is 7.05. The fraction of sp³-hybridized carbons (Fsp3) is 0.560. The summed E-state index contributed by atoms with van der Waals surface area (Å²) in [4.78, 5) is 9.58. The Morgan fingerprint density at radius 1 is 1.07 bits per heavy atom. The Morgan fingerprint density at radius 3 is 2.57 bits per heavy atom. The van der Waals surface area contributed by atoms with Crippen LogP contribution < -0.4 is 9.47 Å². The minimum Gasteiger partial charge on any atom is -0.497 e. The summed E-state index contributed by atoms with van der Waals surface area (Å²) in [6, 6.07) is 12.6. The van der Waals surface area contributed by atoms with Crippen LogP contribution >= 0.6 is 0 Å². The van der Waals surface area contributed by atoms with Crippen LogP contribution in [0.25, 0.3) is 0 Å². The normalized spacial score (nSPS) is 16.5. The smallest absolute Gasteiger partial charge is 0.213 e. The summed E-state index contributed by atoms with van der Waals surface area (Å²) in [7, 11) is 6.06. The van der Waals surface area contributed by atoms with E-state index in [4.69, 9.17) is 14.5 Å². The van der Waals surface area contributed by atoms with E-state index < -0.39 is 0 Å². The van der Waals surface area contributed by atoms with Crippen LogP contribution in [0.4, 0.5) is 0 Å². The van der Waals surface area contributed by atoms with Crippen LogP contribution in [-0.4, -0.2) is 62.2 Å².